The summed E-state index contributed by atoms with van der Waals surface area (Å²) >= 11 is 0. The fraction of sp³-hybridized carbons (Fsp3) is 0.0714. The van der Waals surface area contributed by atoms with E-state index in [-0.39, 0.29) is 48.7 Å². The molecule has 12 nitrogen and oxygen atoms in total. The molecule has 1 aliphatic carbocycles. The number of para-hydroxylation sites is 4. The predicted molar refractivity (Wildman–Crippen MR) is 260 cm³/mol. The van der Waals surface area contributed by atoms with E-state index < -0.39 is 24.4 Å². The highest BCUT2D eigenvalue weighted by molar-refractivity contribution is 5.86. The molecule has 0 bridgehead atoms. The molecule has 0 spiro atoms. The van der Waals surface area contributed by atoms with Crippen molar-refractivity contribution in [1.29, 1.82) is 0 Å². The molecule has 0 radical (unpaired) electrons. The quantitative estimate of drug-likeness (QED) is 0.0814. The zero-order valence-electron chi connectivity index (χ0n) is 36.0. The van der Waals surface area contributed by atoms with Gasteiger partial charge in [0.1, 0.15) is 26.4 Å². The first kappa shape index (κ1) is 48.4. The fourth-order valence-electron chi connectivity index (χ4n) is 4.81. The second-order valence-electron chi connectivity index (χ2n) is 13.0. The smallest absolute Gasteiger partial charge is 0.411 e. The highest BCUT2D eigenvalue weighted by Gasteiger charge is 2.07. The largest absolute Gasteiger partial charge is 0.444 e. The van der Waals surface area contributed by atoms with Gasteiger partial charge in [0.2, 0.25) is 0 Å². The third-order valence-corrected chi connectivity index (χ3v) is 7.93. The van der Waals surface area contributed by atoms with E-state index in [4.69, 9.17) is 18.9 Å². The maximum atomic E-state index is 12.6. The molecule has 1 aliphatic rings. The van der Waals surface area contributed by atoms with Gasteiger partial charge in [0, 0.05) is 69.3 Å². The number of nitrogens with one attached hydrogen (secondary N) is 4. The number of ether oxygens (including phenoxy) is 4. The van der Waals surface area contributed by atoms with Gasteiger partial charge in [-0.1, -0.05) is 120 Å². The van der Waals surface area contributed by atoms with Gasteiger partial charge in [0.05, 0.1) is 0 Å². The lowest BCUT2D eigenvalue weighted by atomic mass is 10.2. The Hall–Kier alpha value is -10.6. The summed E-state index contributed by atoms with van der Waals surface area (Å²) in [5.41, 5.74) is 3.23. The van der Waals surface area contributed by atoms with Gasteiger partial charge in [0.25, 0.3) is 0 Å². The van der Waals surface area contributed by atoms with Crippen molar-refractivity contribution in [2.24, 2.45) is 0 Å². The molecule has 4 aromatic carbocycles. The second-order valence-corrected chi connectivity index (χ2v) is 13.0. The van der Waals surface area contributed by atoms with Crippen molar-refractivity contribution in [3.8, 4) is 94.7 Å². The summed E-state index contributed by atoms with van der Waals surface area (Å²) in [6.45, 7) is -1.07. The molecule has 0 aromatic heterocycles. The van der Waals surface area contributed by atoms with E-state index in [9.17, 15) is 19.2 Å². The minimum Gasteiger partial charge on any atom is -0.444 e. The number of rotatable bonds is 12. The van der Waals surface area contributed by atoms with Crippen LogP contribution in [0.15, 0.2) is 168 Å². The number of benzene rings is 4. The first-order valence-corrected chi connectivity index (χ1v) is 20.2. The average Bonchev–Trinajstić information content (AvgIpc) is 3.35. The van der Waals surface area contributed by atoms with Gasteiger partial charge >= 0.3 is 24.4 Å². The minimum atomic E-state index is -0.727. The molecule has 5 rings (SSSR count). The van der Waals surface area contributed by atoms with Crippen LogP contribution in [0.3, 0.4) is 0 Å². The summed E-state index contributed by atoms with van der Waals surface area (Å²) in [6, 6.07) is 35.0. The van der Waals surface area contributed by atoms with Crippen LogP contribution < -0.4 is 21.3 Å². The van der Waals surface area contributed by atoms with Gasteiger partial charge in [0.15, 0.2) is 0 Å². The van der Waals surface area contributed by atoms with Gasteiger partial charge < -0.3 is 18.9 Å². The second kappa shape index (κ2) is 28.9. The lowest BCUT2D eigenvalue weighted by molar-refractivity contribution is 0.171. The zero-order valence-corrected chi connectivity index (χ0v) is 36.0. The topological polar surface area (TPSA) is 153 Å². The van der Waals surface area contributed by atoms with Gasteiger partial charge in [-0.05, 0) is 95.9 Å². The normalized spacial score (nSPS) is 14.2. The van der Waals surface area contributed by atoms with Gasteiger partial charge in [-0.15, -0.1) is 0 Å². The molecule has 0 atom stereocenters. The Balaban J connectivity index is 1.44. The molecular formula is C56H36N4O8. The van der Waals surface area contributed by atoms with Gasteiger partial charge in [-0.2, -0.15) is 0 Å². The Morgan fingerprint density at radius 3 is 0.721 bits per heavy atom. The van der Waals surface area contributed by atoms with Gasteiger partial charge in [-0.25, -0.2) is 19.2 Å². The Labute approximate surface area is 394 Å². The Morgan fingerprint density at radius 1 is 0.309 bits per heavy atom. The number of allylic oxidation sites excluding steroid dienone is 4. The summed E-state index contributed by atoms with van der Waals surface area (Å²) in [5, 5.41) is 10.5. The van der Waals surface area contributed by atoms with E-state index in [1.54, 1.807) is 97.1 Å². The fourth-order valence-corrected chi connectivity index (χ4v) is 4.81. The first-order valence-electron chi connectivity index (χ1n) is 20.2. The lowest BCUT2D eigenvalue weighted by Gasteiger charge is -2.06. The van der Waals surface area contributed by atoms with Crippen LogP contribution in [0, 0.1) is 94.7 Å². The third-order valence-electron chi connectivity index (χ3n) is 7.93. The Morgan fingerprint density at radius 2 is 0.515 bits per heavy atom. The van der Waals surface area contributed by atoms with E-state index >= 15 is 0 Å². The van der Waals surface area contributed by atoms with Crippen LogP contribution in [-0.2, 0) is 18.9 Å². The van der Waals surface area contributed by atoms with Crippen LogP contribution in [0.2, 0.25) is 0 Å². The predicted octanol–water partition coefficient (Wildman–Crippen LogP) is 8.73. The van der Waals surface area contributed by atoms with Crippen LogP contribution in [0.4, 0.5) is 41.9 Å². The minimum absolute atomic E-state index is 0.267. The lowest BCUT2D eigenvalue weighted by Crippen LogP contribution is -2.15. The maximum Gasteiger partial charge on any atom is 0.411 e. The number of anilines is 4. The molecule has 0 unspecified atom stereocenters. The van der Waals surface area contributed by atoms with E-state index in [1.807, 2.05) is 24.3 Å². The summed E-state index contributed by atoms with van der Waals surface area (Å²) in [4.78, 5) is 50.2. The molecule has 0 heterocycles. The molecule has 0 saturated heterocycles. The Kier molecular flexibility index (Phi) is 20.6. The summed E-state index contributed by atoms with van der Waals surface area (Å²) in [6.07, 6.45) is 2.73. The van der Waals surface area contributed by atoms with Crippen molar-refractivity contribution < 1.29 is 38.1 Å². The molecule has 4 N–H and O–H groups in total. The maximum absolute atomic E-state index is 12.6. The summed E-state index contributed by atoms with van der Waals surface area (Å²) < 4.78 is 21.5. The van der Waals surface area contributed by atoms with Crippen LogP contribution in [0.5, 0.6) is 0 Å². The van der Waals surface area contributed by atoms with E-state index in [2.05, 4.69) is 116 Å². The van der Waals surface area contributed by atoms with Crippen molar-refractivity contribution in [3.05, 3.63) is 168 Å². The zero-order chi connectivity index (χ0) is 47.7. The van der Waals surface area contributed by atoms with Crippen molar-refractivity contribution in [2.45, 2.75) is 0 Å². The van der Waals surface area contributed by atoms with Gasteiger partial charge in [-0.3, -0.25) is 21.3 Å². The number of amides is 4. The van der Waals surface area contributed by atoms with Crippen molar-refractivity contribution in [2.75, 3.05) is 47.7 Å². The van der Waals surface area contributed by atoms with Crippen LogP contribution in [0.1, 0.15) is 0 Å². The third kappa shape index (κ3) is 20.5. The van der Waals surface area contributed by atoms with Crippen LogP contribution in [-0.4, -0.2) is 50.8 Å². The Bertz CT molecular complexity index is 2690. The number of hydrogen-bond donors (Lipinski definition) is 4. The average molecular weight is 893 g/mol. The molecular weight excluding hydrogens is 857 g/mol. The molecule has 0 aliphatic heterocycles. The molecule has 328 valence electrons. The van der Waals surface area contributed by atoms with Crippen molar-refractivity contribution in [1.82, 2.24) is 0 Å². The highest BCUT2D eigenvalue weighted by Crippen LogP contribution is 2.10. The highest BCUT2D eigenvalue weighted by atomic mass is 16.6. The molecule has 0 fully saturated rings. The van der Waals surface area contributed by atoms with Crippen LogP contribution in [0.25, 0.3) is 0 Å². The number of hydrogen-bond acceptors (Lipinski definition) is 8. The summed E-state index contributed by atoms with van der Waals surface area (Å²) in [7, 11) is 0. The van der Waals surface area contributed by atoms with E-state index in [0.29, 0.717) is 22.7 Å². The molecule has 68 heavy (non-hydrogen) atoms. The van der Waals surface area contributed by atoms with Crippen molar-refractivity contribution in [3.63, 3.8) is 0 Å². The molecule has 4 amide bonds. The molecule has 12 heteroatoms. The summed E-state index contributed by atoms with van der Waals surface area (Å²) in [5.74, 6) is 43.9. The molecule has 0 saturated carbocycles. The van der Waals surface area contributed by atoms with Crippen LogP contribution >= 0.6 is 0 Å². The first-order chi connectivity index (χ1) is 33.4. The number of carbonyl (C=O) groups excluding carboxylic acids is 4. The monoisotopic (exact) mass is 892 g/mol. The standard InChI is InChI=1S/C56H36N4O8/c61-53(57-49-33-13-5-14-34-49)65-41-45-25-9-1-2-10-26-46(42-66-54(62)58-50-35-15-6-16-36-50)30-23-24-32-48(44-68-56(64)60-52-39-19-8-20-40-52)28-12-4-3-11-27-47(31-22-21-29-45)43-67-55(63)59-51-37-17-7-18-38-51/h5-8,13-20,25-28,33-40H,41-44H2,(H,57,61)(H,58,62)(H,59,63)(H,60,64)/b45-25-,46-26+,47-27+,48-28+. The number of carbonyl (C=O) groups is 4. The SMILES string of the molecule is O=C(Nc1ccccc1)OC/C1=C\C#CC#C/C=C(/COC(=O)Nc2ccccc2)C#CC#C/C(COC(=O)Nc2ccccc2)=C\C#CC#C/C=C(/COC(=O)Nc2ccccc2)C#CC#C1. The van der Waals surface area contributed by atoms with Crippen molar-refractivity contribution >= 4 is 47.1 Å². The van der Waals surface area contributed by atoms with E-state index in [1.165, 1.54) is 24.3 Å². The van der Waals surface area contributed by atoms with E-state index in [0.717, 1.165) is 0 Å². The molecule has 4 aromatic rings.